The summed E-state index contributed by atoms with van der Waals surface area (Å²) < 4.78 is 7.36. The molecule has 0 radical (unpaired) electrons. The molecule has 0 bridgehead atoms. The molecule has 2 amide bonds. The molecule has 0 unspecified atom stereocenters. The number of methoxy groups -OCH3 is 1. The number of hydrogen-bond acceptors (Lipinski definition) is 6. The summed E-state index contributed by atoms with van der Waals surface area (Å²) in [5.74, 6) is 1.15. The second-order valence-corrected chi connectivity index (χ2v) is 7.24. The van der Waals surface area contributed by atoms with Crippen molar-refractivity contribution in [3.63, 3.8) is 0 Å². The molecule has 0 atom stereocenters. The van der Waals surface area contributed by atoms with Crippen molar-refractivity contribution >= 4 is 49.2 Å². The Bertz CT molecular complexity index is 1190. The quantitative estimate of drug-likeness (QED) is 0.481. The zero-order valence-electron chi connectivity index (χ0n) is 15.4. The fourth-order valence-electron chi connectivity index (χ4n) is 3.06. The summed E-state index contributed by atoms with van der Waals surface area (Å²) in [5.41, 5.74) is 9.46. The molecule has 0 aliphatic heterocycles. The van der Waals surface area contributed by atoms with Crippen LogP contribution in [0.1, 0.15) is 6.92 Å². The van der Waals surface area contributed by atoms with Gasteiger partial charge in [-0.2, -0.15) is 0 Å². The summed E-state index contributed by atoms with van der Waals surface area (Å²) in [5, 5.41) is 6.60. The van der Waals surface area contributed by atoms with Gasteiger partial charge in [-0.15, -0.1) is 11.3 Å². The normalized spacial score (nSPS) is 10.9. The van der Waals surface area contributed by atoms with Crippen molar-refractivity contribution in [2.75, 3.05) is 24.7 Å². The Balaban J connectivity index is 1.79. The van der Waals surface area contributed by atoms with Crippen molar-refractivity contribution in [1.82, 2.24) is 15.3 Å². The number of anilines is 2. The highest BCUT2D eigenvalue weighted by Gasteiger charge is 2.12. The van der Waals surface area contributed by atoms with Crippen LogP contribution in [0.2, 0.25) is 0 Å². The number of aromatic nitrogens is 2. The van der Waals surface area contributed by atoms with Crippen LogP contribution in [-0.2, 0) is 0 Å². The highest BCUT2D eigenvalue weighted by Crippen LogP contribution is 2.38. The van der Waals surface area contributed by atoms with E-state index >= 15 is 0 Å². The summed E-state index contributed by atoms with van der Waals surface area (Å²) in [6.07, 6.45) is 1.49. The number of benzene rings is 2. The van der Waals surface area contributed by atoms with E-state index in [0.29, 0.717) is 23.8 Å². The third-order valence-electron chi connectivity index (χ3n) is 4.35. The Labute approximate surface area is 165 Å². The fourth-order valence-corrected chi connectivity index (χ4v) is 4.16. The average Bonchev–Trinajstić information content (AvgIpc) is 3.07. The Morgan fingerprint density at radius 1 is 1.18 bits per heavy atom. The minimum absolute atomic E-state index is 0.254. The molecule has 2 aromatic carbocycles. The standard InChI is InChI=1S/C20H19N5O2S/c1-3-22-20(26)25-13-6-12(7-14(9-13)27-2)11-4-5-15-16(8-11)28-18-17(15)23-10-24-19(18)21/h4-10H,3H2,1-2H3,(H2,21,23,24)(H2,22,25,26). The number of nitrogens with zero attached hydrogens (tertiary/aromatic N) is 2. The summed E-state index contributed by atoms with van der Waals surface area (Å²) in [7, 11) is 1.60. The minimum Gasteiger partial charge on any atom is -0.497 e. The number of fused-ring (bicyclic) bond motifs is 3. The molecule has 4 aromatic rings. The number of hydrogen-bond donors (Lipinski definition) is 3. The van der Waals surface area contributed by atoms with Gasteiger partial charge in [0.1, 0.15) is 17.9 Å². The van der Waals surface area contributed by atoms with Crippen LogP contribution in [0.15, 0.2) is 42.7 Å². The van der Waals surface area contributed by atoms with E-state index in [1.54, 1.807) is 24.5 Å². The third kappa shape index (κ3) is 3.29. The summed E-state index contributed by atoms with van der Waals surface area (Å²) in [4.78, 5) is 20.3. The monoisotopic (exact) mass is 393 g/mol. The summed E-state index contributed by atoms with van der Waals surface area (Å²) in [6.45, 7) is 2.42. The topological polar surface area (TPSA) is 102 Å². The number of carbonyl (C=O) groups is 1. The van der Waals surface area contributed by atoms with Gasteiger partial charge in [0.2, 0.25) is 0 Å². The zero-order chi connectivity index (χ0) is 19.7. The number of rotatable bonds is 4. The molecule has 4 rings (SSSR count). The van der Waals surface area contributed by atoms with Crippen LogP contribution >= 0.6 is 11.3 Å². The molecule has 8 heteroatoms. The third-order valence-corrected chi connectivity index (χ3v) is 5.52. The van der Waals surface area contributed by atoms with Gasteiger partial charge >= 0.3 is 6.03 Å². The molecule has 0 aliphatic rings. The van der Waals surface area contributed by atoms with Crippen LogP contribution in [0.5, 0.6) is 5.75 Å². The van der Waals surface area contributed by atoms with Gasteiger partial charge in [0.05, 0.1) is 17.3 Å². The first kappa shape index (κ1) is 18.0. The average molecular weight is 393 g/mol. The molecule has 2 heterocycles. The van der Waals surface area contributed by atoms with Crippen molar-refractivity contribution in [1.29, 1.82) is 0 Å². The molecular formula is C20H19N5O2S. The maximum atomic E-state index is 11.9. The highest BCUT2D eigenvalue weighted by atomic mass is 32.1. The lowest BCUT2D eigenvalue weighted by Gasteiger charge is -2.11. The van der Waals surface area contributed by atoms with Crippen molar-refractivity contribution in [3.05, 3.63) is 42.7 Å². The smallest absolute Gasteiger partial charge is 0.319 e. The number of nitrogens with one attached hydrogen (secondary N) is 2. The Hall–Kier alpha value is -3.39. The first-order valence-corrected chi connectivity index (χ1v) is 9.57. The van der Waals surface area contributed by atoms with Gasteiger partial charge in [-0.25, -0.2) is 14.8 Å². The van der Waals surface area contributed by atoms with E-state index in [0.717, 1.165) is 31.4 Å². The van der Waals surface area contributed by atoms with Crippen LogP contribution in [-0.4, -0.2) is 29.7 Å². The molecule has 0 saturated heterocycles. The predicted octanol–water partition coefficient (Wildman–Crippen LogP) is 4.24. The molecule has 2 aromatic heterocycles. The van der Waals surface area contributed by atoms with Gasteiger partial charge in [0, 0.05) is 28.4 Å². The van der Waals surface area contributed by atoms with Gasteiger partial charge in [-0.3, -0.25) is 0 Å². The van der Waals surface area contributed by atoms with E-state index in [1.807, 2.05) is 31.2 Å². The Morgan fingerprint density at radius 3 is 2.82 bits per heavy atom. The molecule has 142 valence electrons. The van der Waals surface area contributed by atoms with Gasteiger partial charge in [-0.05, 0) is 36.2 Å². The van der Waals surface area contributed by atoms with Crippen molar-refractivity contribution in [2.45, 2.75) is 6.92 Å². The van der Waals surface area contributed by atoms with Gasteiger partial charge < -0.3 is 21.1 Å². The maximum absolute atomic E-state index is 11.9. The maximum Gasteiger partial charge on any atom is 0.319 e. The molecule has 0 spiro atoms. The van der Waals surface area contributed by atoms with Crippen LogP contribution in [0.3, 0.4) is 0 Å². The lowest BCUT2D eigenvalue weighted by molar-refractivity contribution is 0.252. The first-order chi connectivity index (χ1) is 13.6. The second kappa shape index (κ2) is 7.32. The number of thiophene rings is 1. The number of urea groups is 1. The lowest BCUT2D eigenvalue weighted by Crippen LogP contribution is -2.28. The fraction of sp³-hybridized carbons (Fsp3) is 0.150. The minimum atomic E-state index is -0.254. The highest BCUT2D eigenvalue weighted by molar-refractivity contribution is 7.26. The van der Waals surface area contributed by atoms with Crippen molar-refractivity contribution < 1.29 is 9.53 Å². The van der Waals surface area contributed by atoms with Crippen LogP contribution in [0.25, 0.3) is 31.4 Å². The number of amides is 2. The van der Waals surface area contributed by atoms with Crippen LogP contribution < -0.4 is 21.1 Å². The SMILES string of the molecule is CCNC(=O)Nc1cc(OC)cc(-c2ccc3c(c2)sc2c(N)ncnc23)c1. The lowest BCUT2D eigenvalue weighted by atomic mass is 10.0. The number of ether oxygens (including phenoxy) is 1. The van der Waals surface area contributed by atoms with Gasteiger partial charge in [0.25, 0.3) is 0 Å². The van der Waals surface area contributed by atoms with E-state index in [2.05, 4.69) is 26.7 Å². The Morgan fingerprint density at radius 2 is 2.04 bits per heavy atom. The van der Waals surface area contributed by atoms with Crippen molar-refractivity contribution in [3.8, 4) is 16.9 Å². The van der Waals surface area contributed by atoms with E-state index in [-0.39, 0.29) is 6.03 Å². The number of nitrogens with two attached hydrogens (primary N) is 1. The molecule has 7 nitrogen and oxygen atoms in total. The Kier molecular flexibility index (Phi) is 4.70. The van der Waals surface area contributed by atoms with E-state index in [4.69, 9.17) is 10.5 Å². The largest absolute Gasteiger partial charge is 0.497 e. The number of nitrogen functional groups attached to an aromatic ring is 1. The molecule has 0 saturated carbocycles. The van der Waals surface area contributed by atoms with Crippen molar-refractivity contribution in [2.24, 2.45) is 0 Å². The van der Waals surface area contributed by atoms with E-state index < -0.39 is 0 Å². The first-order valence-electron chi connectivity index (χ1n) is 8.76. The van der Waals surface area contributed by atoms with E-state index in [9.17, 15) is 4.79 Å². The number of carbonyl (C=O) groups excluding carboxylic acids is 1. The predicted molar refractivity (Wildman–Crippen MR) is 114 cm³/mol. The second-order valence-electron chi connectivity index (χ2n) is 6.18. The molecule has 4 N–H and O–H groups in total. The molecular weight excluding hydrogens is 374 g/mol. The summed E-state index contributed by atoms with van der Waals surface area (Å²) >= 11 is 1.57. The summed E-state index contributed by atoms with van der Waals surface area (Å²) in [6, 6.07) is 11.5. The molecule has 28 heavy (non-hydrogen) atoms. The molecule has 0 fully saturated rings. The van der Waals surface area contributed by atoms with Crippen LogP contribution in [0, 0.1) is 0 Å². The van der Waals surface area contributed by atoms with Crippen LogP contribution in [0.4, 0.5) is 16.3 Å². The molecule has 0 aliphatic carbocycles. The van der Waals surface area contributed by atoms with E-state index in [1.165, 1.54) is 6.33 Å². The van der Waals surface area contributed by atoms with Gasteiger partial charge in [0.15, 0.2) is 0 Å². The van der Waals surface area contributed by atoms with Gasteiger partial charge in [-0.1, -0.05) is 12.1 Å². The zero-order valence-corrected chi connectivity index (χ0v) is 16.3.